The Balaban J connectivity index is 1.85. The molecule has 2 aromatic rings. The fourth-order valence-corrected chi connectivity index (χ4v) is 5.28. The Labute approximate surface area is 166 Å². The molecule has 1 fully saturated rings. The summed E-state index contributed by atoms with van der Waals surface area (Å²) < 4.78 is 5.53. The van der Waals surface area contributed by atoms with Crippen molar-refractivity contribution in [3.63, 3.8) is 0 Å². The molecular weight excluding hydrogens is 356 g/mol. The molecule has 3 rings (SSSR count). The van der Waals surface area contributed by atoms with E-state index in [-0.39, 0.29) is 23.2 Å². The molecule has 3 nitrogen and oxygen atoms in total. The summed E-state index contributed by atoms with van der Waals surface area (Å²) >= 11 is 1.72. The lowest BCUT2D eigenvalue weighted by Crippen LogP contribution is -2.28. The molecule has 1 saturated heterocycles. The van der Waals surface area contributed by atoms with Gasteiger partial charge in [0.05, 0.1) is 24.6 Å². The molecule has 146 valence electrons. The van der Waals surface area contributed by atoms with Crippen LogP contribution in [0.5, 0.6) is 5.75 Å². The average molecular weight is 387 g/mol. The second-order valence-electron chi connectivity index (χ2n) is 7.39. The number of aryl methyl sites for hydroxylation is 2. The van der Waals surface area contributed by atoms with Gasteiger partial charge in [-0.05, 0) is 80.0 Å². The maximum atomic E-state index is 10.6. The highest BCUT2D eigenvalue weighted by Crippen LogP contribution is 2.44. The molecule has 0 spiro atoms. The van der Waals surface area contributed by atoms with Gasteiger partial charge in [-0.3, -0.25) is 0 Å². The van der Waals surface area contributed by atoms with Gasteiger partial charge in [0, 0.05) is 5.25 Å². The SMILES string of the molecule is CCOc1ccc(Cc2cc(C3SC(CO)CCC3O)c(C)cc2C)cc1. The minimum atomic E-state index is -0.350. The topological polar surface area (TPSA) is 49.7 Å². The summed E-state index contributed by atoms with van der Waals surface area (Å²) in [4.78, 5) is 0. The molecule has 4 heteroatoms. The Morgan fingerprint density at radius 3 is 2.48 bits per heavy atom. The summed E-state index contributed by atoms with van der Waals surface area (Å²) in [5.41, 5.74) is 6.24. The number of aliphatic hydroxyl groups is 2. The van der Waals surface area contributed by atoms with Gasteiger partial charge in [0.1, 0.15) is 5.75 Å². The number of thioether (sulfide) groups is 1. The molecule has 1 heterocycles. The number of ether oxygens (including phenoxy) is 1. The Hall–Kier alpha value is -1.49. The van der Waals surface area contributed by atoms with Crippen LogP contribution in [0.3, 0.4) is 0 Å². The Morgan fingerprint density at radius 2 is 1.81 bits per heavy atom. The van der Waals surface area contributed by atoms with E-state index in [0.29, 0.717) is 6.61 Å². The van der Waals surface area contributed by atoms with Gasteiger partial charge < -0.3 is 14.9 Å². The van der Waals surface area contributed by atoms with Crippen molar-refractivity contribution in [3.05, 3.63) is 64.2 Å². The lowest BCUT2D eigenvalue weighted by Gasteiger charge is -2.33. The summed E-state index contributed by atoms with van der Waals surface area (Å²) in [5, 5.41) is 20.4. The number of hydrogen-bond acceptors (Lipinski definition) is 4. The van der Waals surface area contributed by atoms with E-state index in [4.69, 9.17) is 4.74 Å². The second-order valence-corrected chi connectivity index (χ2v) is 8.84. The number of benzene rings is 2. The highest BCUT2D eigenvalue weighted by atomic mass is 32.2. The zero-order chi connectivity index (χ0) is 19.4. The summed E-state index contributed by atoms with van der Waals surface area (Å²) in [7, 11) is 0. The zero-order valence-electron chi connectivity index (χ0n) is 16.4. The largest absolute Gasteiger partial charge is 0.494 e. The van der Waals surface area contributed by atoms with Gasteiger partial charge in [-0.25, -0.2) is 0 Å². The maximum absolute atomic E-state index is 10.6. The van der Waals surface area contributed by atoms with Crippen molar-refractivity contribution in [2.24, 2.45) is 0 Å². The summed E-state index contributed by atoms with van der Waals surface area (Å²) in [6.45, 7) is 7.12. The van der Waals surface area contributed by atoms with Crippen LogP contribution in [0.1, 0.15) is 52.8 Å². The van der Waals surface area contributed by atoms with Crippen LogP contribution in [0.2, 0.25) is 0 Å². The third kappa shape index (κ3) is 4.87. The van der Waals surface area contributed by atoms with Gasteiger partial charge in [-0.2, -0.15) is 0 Å². The zero-order valence-corrected chi connectivity index (χ0v) is 17.3. The van der Waals surface area contributed by atoms with Crippen LogP contribution in [-0.4, -0.2) is 34.8 Å². The van der Waals surface area contributed by atoms with Crippen molar-refractivity contribution in [1.29, 1.82) is 0 Å². The van der Waals surface area contributed by atoms with Gasteiger partial charge in [0.15, 0.2) is 0 Å². The molecule has 3 unspecified atom stereocenters. The first-order valence-corrected chi connectivity index (χ1v) is 10.7. The van der Waals surface area contributed by atoms with E-state index in [2.05, 4.69) is 38.1 Å². The fourth-order valence-electron chi connectivity index (χ4n) is 3.79. The van der Waals surface area contributed by atoms with Crippen LogP contribution in [0.25, 0.3) is 0 Å². The highest BCUT2D eigenvalue weighted by Gasteiger charge is 2.31. The fraction of sp³-hybridized carbons (Fsp3) is 0.478. The van der Waals surface area contributed by atoms with E-state index >= 15 is 0 Å². The number of aliphatic hydroxyl groups excluding tert-OH is 2. The molecule has 3 atom stereocenters. The molecule has 0 amide bonds. The van der Waals surface area contributed by atoms with Crippen molar-refractivity contribution < 1.29 is 14.9 Å². The summed E-state index contributed by atoms with van der Waals surface area (Å²) in [6.07, 6.45) is 2.15. The quantitative estimate of drug-likeness (QED) is 0.763. The van der Waals surface area contributed by atoms with Crippen LogP contribution >= 0.6 is 11.8 Å². The number of hydrogen-bond donors (Lipinski definition) is 2. The monoisotopic (exact) mass is 386 g/mol. The molecule has 1 aliphatic rings. The van der Waals surface area contributed by atoms with E-state index in [1.165, 1.54) is 27.8 Å². The Morgan fingerprint density at radius 1 is 1.07 bits per heavy atom. The van der Waals surface area contributed by atoms with E-state index in [9.17, 15) is 10.2 Å². The maximum Gasteiger partial charge on any atom is 0.119 e. The first kappa shape index (κ1) is 20.2. The molecule has 1 aliphatic heterocycles. The molecule has 0 saturated carbocycles. The van der Waals surface area contributed by atoms with Crippen molar-refractivity contribution in [1.82, 2.24) is 0 Å². The van der Waals surface area contributed by atoms with Crippen LogP contribution in [0.4, 0.5) is 0 Å². The first-order valence-electron chi connectivity index (χ1n) is 9.78. The smallest absolute Gasteiger partial charge is 0.119 e. The van der Waals surface area contributed by atoms with E-state index < -0.39 is 0 Å². The van der Waals surface area contributed by atoms with Gasteiger partial charge in [-0.15, -0.1) is 11.8 Å². The minimum absolute atomic E-state index is 0.0376. The van der Waals surface area contributed by atoms with Crippen LogP contribution in [0.15, 0.2) is 36.4 Å². The van der Waals surface area contributed by atoms with E-state index in [0.717, 1.165) is 25.0 Å². The van der Waals surface area contributed by atoms with Crippen LogP contribution in [0, 0.1) is 13.8 Å². The Bertz CT molecular complexity index is 757. The molecule has 0 bridgehead atoms. The lowest BCUT2D eigenvalue weighted by molar-refractivity contribution is 0.147. The molecule has 27 heavy (non-hydrogen) atoms. The molecule has 0 aromatic heterocycles. The predicted octanol–water partition coefficient (Wildman–Crippen LogP) is 4.58. The van der Waals surface area contributed by atoms with Gasteiger partial charge in [0.25, 0.3) is 0 Å². The minimum Gasteiger partial charge on any atom is -0.494 e. The normalized spacial score (nSPS) is 22.6. The van der Waals surface area contributed by atoms with Gasteiger partial charge >= 0.3 is 0 Å². The molecule has 2 aromatic carbocycles. The van der Waals surface area contributed by atoms with Crippen molar-refractivity contribution >= 4 is 11.8 Å². The van der Waals surface area contributed by atoms with Crippen molar-refractivity contribution in [2.45, 2.75) is 56.6 Å². The highest BCUT2D eigenvalue weighted by molar-refractivity contribution is 8.00. The van der Waals surface area contributed by atoms with Crippen LogP contribution < -0.4 is 4.74 Å². The van der Waals surface area contributed by atoms with E-state index in [1.807, 2.05) is 19.1 Å². The predicted molar refractivity (Wildman–Crippen MR) is 113 cm³/mol. The summed E-state index contributed by atoms with van der Waals surface area (Å²) in [5.74, 6) is 0.902. The average Bonchev–Trinajstić information content (AvgIpc) is 2.66. The summed E-state index contributed by atoms with van der Waals surface area (Å²) in [6, 6.07) is 12.8. The molecular formula is C23H30O3S. The standard InChI is InChI=1S/C23H30O3S/c1-4-26-19-7-5-17(6-8-19)12-18-13-21(16(3)11-15(18)2)23-22(25)10-9-20(14-24)27-23/h5-8,11,13,20,22-25H,4,9-10,12,14H2,1-3H3. The van der Waals surface area contributed by atoms with Crippen molar-refractivity contribution in [2.75, 3.05) is 13.2 Å². The van der Waals surface area contributed by atoms with Gasteiger partial charge in [0.2, 0.25) is 0 Å². The molecule has 0 aliphatic carbocycles. The third-order valence-corrected chi connectivity index (χ3v) is 6.97. The van der Waals surface area contributed by atoms with Crippen molar-refractivity contribution in [3.8, 4) is 5.75 Å². The first-order chi connectivity index (χ1) is 13.0. The third-order valence-electron chi connectivity index (χ3n) is 5.34. The second kappa shape index (κ2) is 9.13. The number of rotatable bonds is 6. The Kier molecular flexibility index (Phi) is 6.85. The van der Waals surface area contributed by atoms with E-state index in [1.54, 1.807) is 11.8 Å². The molecule has 2 N–H and O–H groups in total. The van der Waals surface area contributed by atoms with Crippen LogP contribution in [-0.2, 0) is 6.42 Å². The lowest BCUT2D eigenvalue weighted by atomic mass is 9.91. The molecule has 0 radical (unpaired) electrons. The van der Waals surface area contributed by atoms with Gasteiger partial charge in [-0.1, -0.05) is 24.3 Å².